The standard InChI is InChI=1S/C15H20FN3O/c1-10-7-14(12(11(2)20)8-13(10)16)19(4)9-15-17-5-6-18(15)3/h5-8,11,20H,9H2,1-4H3/t11-/m1/s1. The predicted octanol–water partition coefficient (Wildman–Crippen LogP) is 2.56. The quantitative estimate of drug-likeness (QED) is 0.934. The van der Waals surface area contributed by atoms with Crippen LogP contribution in [0.1, 0.15) is 30.0 Å². The Morgan fingerprint density at radius 3 is 2.70 bits per heavy atom. The molecule has 1 atom stereocenters. The van der Waals surface area contributed by atoms with Crippen LogP contribution in [-0.4, -0.2) is 21.7 Å². The highest BCUT2D eigenvalue weighted by atomic mass is 19.1. The number of aryl methyl sites for hydroxylation is 2. The van der Waals surface area contributed by atoms with E-state index in [0.29, 0.717) is 17.7 Å². The first-order chi connectivity index (χ1) is 9.40. The lowest BCUT2D eigenvalue weighted by atomic mass is 10.0. The van der Waals surface area contributed by atoms with Gasteiger partial charge in [0.25, 0.3) is 0 Å². The molecule has 2 aromatic rings. The SMILES string of the molecule is Cc1cc(N(C)Cc2nccn2C)c([C@@H](C)O)cc1F. The molecule has 2 rings (SSSR count). The minimum absolute atomic E-state index is 0.296. The number of nitrogens with zero attached hydrogens (tertiary/aromatic N) is 3. The maximum absolute atomic E-state index is 13.7. The van der Waals surface area contributed by atoms with Gasteiger partial charge in [0.2, 0.25) is 0 Å². The van der Waals surface area contributed by atoms with Crippen molar-refractivity contribution in [3.63, 3.8) is 0 Å². The Hall–Kier alpha value is -1.88. The van der Waals surface area contributed by atoms with Gasteiger partial charge in [0.1, 0.15) is 11.6 Å². The molecule has 1 N–H and O–H groups in total. The molecule has 0 fully saturated rings. The molecule has 0 spiro atoms. The lowest BCUT2D eigenvalue weighted by Crippen LogP contribution is -2.21. The monoisotopic (exact) mass is 277 g/mol. The summed E-state index contributed by atoms with van der Waals surface area (Å²) in [6.45, 7) is 3.95. The number of hydrogen-bond acceptors (Lipinski definition) is 3. The highest BCUT2D eigenvalue weighted by Gasteiger charge is 2.16. The third-order valence-corrected chi connectivity index (χ3v) is 3.47. The summed E-state index contributed by atoms with van der Waals surface area (Å²) in [5.41, 5.74) is 1.97. The van der Waals surface area contributed by atoms with Crippen LogP contribution in [0.4, 0.5) is 10.1 Å². The molecule has 0 bridgehead atoms. The lowest BCUT2D eigenvalue weighted by Gasteiger charge is -2.24. The summed E-state index contributed by atoms with van der Waals surface area (Å²) in [5, 5.41) is 9.84. The van der Waals surface area contributed by atoms with E-state index in [2.05, 4.69) is 4.98 Å². The summed E-state index contributed by atoms with van der Waals surface area (Å²) < 4.78 is 15.6. The van der Waals surface area contributed by atoms with Crippen molar-refractivity contribution in [2.75, 3.05) is 11.9 Å². The Kier molecular flexibility index (Phi) is 4.09. The molecule has 20 heavy (non-hydrogen) atoms. The molecule has 1 aromatic carbocycles. The van der Waals surface area contributed by atoms with Crippen molar-refractivity contribution in [2.45, 2.75) is 26.5 Å². The number of aliphatic hydroxyl groups is 1. The molecular weight excluding hydrogens is 257 g/mol. The van der Waals surface area contributed by atoms with Gasteiger partial charge in [-0.3, -0.25) is 0 Å². The van der Waals surface area contributed by atoms with Gasteiger partial charge in [-0.15, -0.1) is 0 Å². The van der Waals surface area contributed by atoms with Gasteiger partial charge in [0, 0.05) is 37.7 Å². The number of halogens is 1. The van der Waals surface area contributed by atoms with Gasteiger partial charge in [0.15, 0.2) is 0 Å². The van der Waals surface area contributed by atoms with Crippen LogP contribution in [0.25, 0.3) is 0 Å². The highest BCUT2D eigenvalue weighted by Crippen LogP contribution is 2.29. The molecule has 0 aliphatic carbocycles. The fraction of sp³-hybridized carbons (Fsp3) is 0.400. The van der Waals surface area contributed by atoms with Gasteiger partial charge in [0.05, 0.1) is 12.6 Å². The van der Waals surface area contributed by atoms with Crippen LogP contribution in [0.2, 0.25) is 0 Å². The zero-order chi connectivity index (χ0) is 14.9. The van der Waals surface area contributed by atoms with Crippen molar-refractivity contribution >= 4 is 5.69 Å². The second kappa shape index (κ2) is 5.63. The number of aliphatic hydroxyl groups excluding tert-OH is 1. The number of aromatic nitrogens is 2. The van der Waals surface area contributed by atoms with Gasteiger partial charge < -0.3 is 14.6 Å². The Morgan fingerprint density at radius 1 is 1.45 bits per heavy atom. The number of benzene rings is 1. The van der Waals surface area contributed by atoms with Crippen molar-refractivity contribution in [3.05, 3.63) is 47.3 Å². The van der Waals surface area contributed by atoms with E-state index in [-0.39, 0.29) is 5.82 Å². The van der Waals surface area contributed by atoms with Gasteiger partial charge in [-0.25, -0.2) is 9.37 Å². The van der Waals surface area contributed by atoms with Crippen molar-refractivity contribution < 1.29 is 9.50 Å². The Bertz CT molecular complexity index is 607. The summed E-state index contributed by atoms with van der Waals surface area (Å²) in [7, 11) is 3.84. The molecule has 4 nitrogen and oxygen atoms in total. The van der Waals surface area contributed by atoms with Gasteiger partial charge >= 0.3 is 0 Å². The van der Waals surface area contributed by atoms with E-state index in [1.807, 2.05) is 29.8 Å². The number of rotatable bonds is 4. The minimum atomic E-state index is -0.719. The molecule has 0 saturated heterocycles. The van der Waals surface area contributed by atoms with Gasteiger partial charge in [-0.2, -0.15) is 0 Å². The zero-order valence-electron chi connectivity index (χ0n) is 12.3. The third kappa shape index (κ3) is 2.82. The summed E-state index contributed by atoms with van der Waals surface area (Å²) in [6.07, 6.45) is 2.91. The fourth-order valence-electron chi connectivity index (χ4n) is 2.19. The Morgan fingerprint density at radius 2 is 2.15 bits per heavy atom. The third-order valence-electron chi connectivity index (χ3n) is 3.47. The maximum atomic E-state index is 13.7. The predicted molar refractivity (Wildman–Crippen MR) is 77.1 cm³/mol. The van der Waals surface area contributed by atoms with Crippen LogP contribution in [0.15, 0.2) is 24.5 Å². The average molecular weight is 277 g/mol. The summed E-state index contributed by atoms with van der Waals surface area (Å²) in [6, 6.07) is 3.17. The number of imidazole rings is 1. The zero-order valence-corrected chi connectivity index (χ0v) is 12.3. The second-order valence-corrected chi connectivity index (χ2v) is 5.15. The first kappa shape index (κ1) is 14.5. The van der Waals surface area contributed by atoms with E-state index in [1.54, 1.807) is 26.1 Å². The van der Waals surface area contributed by atoms with E-state index < -0.39 is 6.10 Å². The molecule has 0 saturated carbocycles. The average Bonchev–Trinajstić information content (AvgIpc) is 2.77. The lowest BCUT2D eigenvalue weighted by molar-refractivity contribution is 0.199. The smallest absolute Gasteiger partial charge is 0.127 e. The van der Waals surface area contributed by atoms with Gasteiger partial charge in [-0.1, -0.05) is 0 Å². The largest absolute Gasteiger partial charge is 0.389 e. The van der Waals surface area contributed by atoms with Crippen LogP contribution in [0.5, 0.6) is 0 Å². The highest BCUT2D eigenvalue weighted by molar-refractivity contribution is 5.56. The van der Waals surface area contributed by atoms with E-state index in [4.69, 9.17) is 0 Å². The summed E-state index contributed by atoms with van der Waals surface area (Å²) in [5.74, 6) is 0.612. The van der Waals surface area contributed by atoms with Gasteiger partial charge in [-0.05, 0) is 31.5 Å². The van der Waals surface area contributed by atoms with Crippen molar-refractivity contribution in [1.82, 2.24) is 9.55 Å². The topological polar surface area (TPSA) is 41.3 Å². The number of hydrogen-bond donors (Lipinski definition) is 1. The summed E-state index contributed by atoms with van der Waals surface area (Å²) in [4.78, 5) is 6.25. The van der Waals surface area contributed by atoms with Crippen LogP contribution >= 0.6 is 0 Å². The Labute approximate surface area is 118 Å². The van der Waals surface area contributed by atoms with Crippen molar-refractivity contribution in [2.24, 2.45) is 7.05 Å². The molecule has 0 amide bonds. The molecule has 1 aromatic heterocycles. The molecular formula is C15H20FN3O. The molecule has 0 unspecified atom stereocenters. The summed E-state index contributed by atoms with van der Waals surface area (Å²) >= 11 is 0. The minimum Gasteiger partial charge on any atom is -0.389 e. The van der Waals surface area contributed by atoms with Crippen molar-refractivity contribution in [1.29, 1.82) is 0 Å². The second-order valence-electron chi connectivity index (χ2n) is 5.15. The van der Waals surface area contributed by atoms with Crippen LogP contribution < -0.4 is 4.90 Å². The van der Waals surface area contributed by atoms with E-state index >= 15 is 0 Å². The van der Waals surface area contributed by atoms with E-state index in [0.717, 1.165) is 11.5 Å². The molecule has 1 heterocycles. The molecule has 0 aliphatic heterocycles. The molecule has 0 radical (unpaired) electrons. The van der Waals surface area contributed by atoms with E-state index in [1.165, 1.54) is 6.07 Å². The normalized spacial score (nSPS) is 12.5. The fourth-order valence-corrected chi connectivity index (χ4v) is 2.19. The first-order valence-electron chi connectivity index (χ1n) is 6.55. The molecule has 108 valence electrons. The van der Waals surface area contributed by atoms with Crippen LogP contribution in [0.3, 0.4) is 0 Å². The Balaban J connectivity index is 2.36. The molecule has 0 aliphatic rings. The van der Waals surface area contributed by atoms with Crippen molar-refractivity contribution in [3.8, 4) is 0 Å². The van der Waals surface area contributed by atoms with Crippen LogP contribution in [-0.2, 0) is 13.6 Å². The van der Waals surface area contributed by atoms with E-state index in [9.17, 15) is 9.50 Å². The first-order valence-corrected chi connectivity index (χ1v) is 6.55. The number of anilines is 1. The maximum Gasteiger partial charge on any atom is 0.127 e. The molecule has 5 heteroatoms. The van der Waals surface area contributed by atoms with Crippen LogP contribution in [0, 0.1) is 12.7 Å².